The van der Waals surface area contributed by atoms with Crippen LogP contribution in [0.1, 0.15) is 22.2 Å². The maximum atomic E-state index is 6.81. The van der Waals surface area contributed by atoms with Gasteiger partial charge in [0.25, 0.3) is 6.69 Å². The zero-order valence-electron chi connectivity index (χ0n) is 10.3. The highest BCUT2D eigenvalue weighted by Gasteiger charge is 2.48. The molecule has 0 saturated carbocycles. The van der Waals surface area contributed by atoms with Crippen LogP contribution in [0.25, 0.3) is 0 Å². The monoisotopic (exact) mass is 304 g/mol. The molecule has 0 saturated heterocycles. The van der Waals surface area contributed by atoms with Crippen LogP contribution >= 0.6 is 22.2 Å². The highest BCUT2D eigenvalue weighted by molar-refractivity contribution is 7.46. The summed E-state index contributed by atoms with van der Waals surface area (Å²) in [5.74, 6) is 0. The Bertz CT molecular complexity index is 527. The van der Waals surface area contributed by atoms with E-state index in [4.69, 9.17) is 22.2 Å². The van der Waals surface area contributed by atoms with Crippen LogP contribution in [-0.2, 0) is 0 Å². The van der Waals surface area contributed by atoms with Gasteiger partial charge in [0.05, 0.1) is 0 Å². The van der Waals surface area contributed by atoms with E-state index >= 15 is 0 Å². The Morgan fingerprint density at radius 3 is 1.37 bits per heavy atom. The van der Waals surface area contributed by atoms with Gasteiger partial charge in [-0.15, -0.1) is 22.2 Å². The SMILES string of the molecule is Cl[Si]1(Cl)C(c2ccccc2)C=CC1c1ccccc1. The maximum Gasteiger partial charge on any atom is 0.273 e. The van der Waals surface area contributed by atoms with Crippen LogP contribution in [0.15, 0.2) is 72.8 Å². The minimum Gasteiger partial charge on any atom is -0.144 e. The standard InChI is InChI=1S/C16H14Cl2Si/c17-19(18)15(13-7-3-1-4-8-13)11-12-16(19)14-9-5-2-6-10-14/h1-12,15-16H. The Labute approximate surface area is 124 Å². The largest absolute Gasteiger partial charge is 0.273 e. The van der Waals surface area contributed by atoms with Crippen molar-refractivity contribution >= 4 is 28.9 Å². The van der Waals surface area contributed by atoms with Crippen LogP contribution in [0.5, 0.6) is 0 Å². The zero-order chi connectivity index (χ0) is 13.3. The molecule has 0 bridgehead atoms. The summed E-state index contributed by atoms with van der Waals surface area (Å²) in [5.41, 5.74) is 2.77. The normalized spacial score (nSPS) is 24.5. The number of allylic oxidation sites excluding steroid dienone is 2. The first kappa shape index (κ1) is 13.0. The van der Waals surface area contributed by atoms with E-state index < -0.39 is 6.69 Å². The molecule has 2 aromatic carbocycles. The van der Waals surface area contributed by atoms with Crippen LogP contribution in [0, 0.1) is 0 Å². The number of hydrogen-bond donors (Lipinski definition) is 0. The lowest BCUT2D eigenvalue weighted by Crippen LogP contribution is -2.32. The van der Waals surface area contributed by atoms with E-state index in [1.165, 1.54) is 11.1 Å². The first-order valence-electron chi connectivity index (χ1n) is 6.35. The van der Waals surface area contributed by atoms with E-state index in [0.29, 0.717) is 0 Å². The van der Waals surface area contributed by atoms with Gasteiger partial charge in [-0.3, -0.25) is 0 Å². The van der Waals surface area contributed by atoms with E-state index in [1.807, 2.05) is 36.4 Å². The predicted octanol–water partition coefficient (Wildman–Crippen LogP) is 5.12. The molecule has 0 N–H and O–H groups in total. The second kappa shape index (κ2) is 5.16. The van der Waals surface area contributed by atoms with Crippen LogP contribution in [-0.4, -0.2) is 6.69 Å². The van der Waals surface area contributed by atoms with Crippen molar-refractivity contribution in [3.05, 3.63) is 83.9 Å². The molecule has 0 nitrogen and oxygen atoms in total. The molecule has 1 aliphatic rings. The Hall–Kier alpha value is -1.02. The lowest BCUT2D eigenvalue weighted by atomic mass is 10.1. The minimum atomic E-state index is -2.45. The molecule has 2 atom stereocenters. The smallest absolute Gasteiger partial charge is 0.144 e. The number of benzene rings is 2. The summed E-state index contributed by atoms with van der Waals surface area (Å²) in [5, 5.41) is 0. The van der Waals surface area contributed by atoms with E-state index in [2.05, 4.69) is 36.4 Å². The van der Waals surface area contributed by atoms with Crippen LogP contribution in [0.2, 0.25) is 0 Å². The summed E-state index contributed by atoms with van der Waals surface area (Å²) >= 11 is 13.6. The molecule has 0 aromatic heterocycles. The van der Waals surface area contributed by atoms with Crippen molar-refractivity contribution in [2.45, 2.75) is 11.1 Å². The number of hydrogen-bond acceptors (Lipinski definition) is 0. The maximum absolute atomic E-state index is 6.81. The molecule has 0 fully saturated rings. The number of rotatable bonds is 2. The van der Waals surface area contributed by atoms with Crippen LogP contribution in [0.4, 0.5) is 0 Å². The van der Waals surface area contributed by atoms with Gasteiger partial charge in [0.15, 0.2) is 0 Å². The number of halogens is 2. The van der Waals surface area contributed by atoms with E-state index in [0.717, 1.165) is 0 Å². The minimum absolute atomic E-state index is 0.169. The molecule has 0 aliphatic carbocycles. The van der Waals surface area contributed by atoms with E-state index in [9.17, 15) is 0 Å². The Balaban J connectivity index is 1.95. The lowest BCUT2D eigenvalue weighted by Gasteiger charge is -2.26. The van der Waals surface area contributed by atoms with Crippen molar-refractivity contribution in [3.8, 4) is 0 Å². The molecule has 0 amide bonds. The fourth-order valence-corrected chi connectivity index (χ4v) is 7.44. The molecule has 0 spiro atoms. The Morgan fingerprint density at radius 2 is 1.00 bits per heavy atom. The molecule has 1 aliphatic heterocycles. The van der Waals surface area contributed by atoms with Crippen molar-refractivity contribution in [2.75, 3.05) is 0 Å². The molecular formula is C16H14Cl2Si. The van der Waals surface area contributed by atoms with Crippen molar-refractivity contribution in [1.29, 1.82) is 0 Å². The van der Waals surface area contributed by atoms with E-state index in [1.54, 1.807) is 0 Å². The van der Waals surface area contributed by atoms with Crippen molar-refractivity contribution in [1.82, 2.24) is 0 Å². The first-order valence-corrected chi connectivity index (χ1v) is 10.5. The van der Waals surface area contributed by atoms with Crippen molar-refractivity contribution in [2.24, 2.45) is 0 Å². The Kier molecular flexibility index (Phi) is 3.53. The molecule has 0 radical (unpaired) electrons. The fraction of sp³-hybridized carbons (Fsp3) is 0.125. The quantitative estimate of drug-likeness (QED) is 0.410. The molecule has 3 rings (SSSR count). The Morgan fingerprint density at radius 1 is 0.632 bits per heavy atom. The summed E-state index contributed by atoms with van der Waals surface area (Å²) in [6.07, 6.45) is 4.36. The van der Waals surface area contributed by atoms with Crippen LogP contribution < -0.4 is 0 Å². The highest BCUT2D eigenvalue weighted by Crippen LogP contribution is 2.49. The second-order valence-electron chi connectivity index (χ2n) is 4.84. The molecular weight excluding hydrogens is 291 g/mol. The van der Waals surface area contributed by atoms with Gasteiger partial charge < -0.3 is 0 Å². The van der Waals surface area contributed by atoms with Crippen molar-refractivity contribution in [3.63, 3.8) is 0 Å². The molecule has 2 aromatic rings. The van der Waals surface area contributed by atoms with Crippen molar-refractivity contribution < 1.29 is 0 Å². The van der Waals surface area contributed by atoms with Crippen LogP contribution in [0.3, 0.4) is 0 Å². The summed E-state index contributed by atoms with van der Waals surface area (Å²) in [4.78, 5) is 0. The third-order valence-corrected chi connectivity index (χ3v) is 9.17. The second-order valence-corrected chi connectivity index (χ2v) is 11.8. The summed E-state index contributed by atoms with van der Waals surface area (Å²) < 4.78 is 0. The lowest BCUT2D eigenvalue weighted by molar-refractivity contribution is 1.15. The molecule has 96 valence electrons. The molecule has 1 heterocycles. The summed E-state index contributed by atoms with van der Waals surface area (Å²) in [6.45, 7) is -2.45. The van der Waals surface area contributed by atoms with Gasteiger partial charge in [-0.05, 0) is 11.1 Å². The van der Waals surface area contributed by atoms with Gasteiger partial charge in [-0.1, -0.05) is 72.8 Å². The third-order valence-electron chi connectivity index (χ3n) is 3.64. The zero-order valence-corrected chi connectivity index (χ0v) is 12.9. The first-order chi connectivity index (χ1) is 9.19. The fourth-order valence-electron chi connectivity index (χ4n) is 2.66. The molecule has 3 heteroatoms. The van der Waals surface area contributed by atoms with Gasteiger partial charge in [0.2, 0.25) is 0 Å². The van der Waals surface area contributed by atoms with Gasteiger partial charge in [-0.25, -0.2) is 0 Å². The average molecular weight is 305 g/mol. The van der Waals surface area contributed by atoms with E-state index in [-0.39, 0.29) is 11.1 Å². The summed E-state index contributed by atoms with van der Waals surface area (Å²) in [7, 11) is 0. The molecule has 2 unspecified atom stereocenters. The average Bonchev–Trinajstić information content (AvgIpc) is 2.76. The highest BCUT2D eigenvalue weighted by atomic mass is 35.7. The molecule has 19 heavy (non-hydrogen) atoms. The third kappa shape index (κ3) is 2.38. The summed E-state index contributed by atoms with van der Waals surface area (Å²) in [6, 6.07) is 20.6. The predicted molar refractivity (Wildman–Crippen MR) is 85.0 cm³/mol. The van der Waals surface area contributed by atoms with Gasteiger partial charge >= 0.3 is 0 Å². The van der Waals surface area contributed by atoms with Gasteiger partial charge in [0, 0.05) is 11.1 Å². The topological polar surface area (TPSA) is 0 Å². The van der Waals surface area contributed by atoms with Gasteiger partial charge in [0.1, 0.15) is 0 Å². The van der Waals surface area contributed by atoms with Gasteiger partial charge in [-0.2, -0.15) is 0 Å².